The van der Waals surface area contributed by atoms with Crippen molar-refractivity contribution in [2.45, 2.75) is 19.3 Å². The van der Waals surface area contributed by atoms with Crippen LogP contribution in [0.25, 0.3) is 0 Å². The highest BCUT2D eigenvalue weighted by molar-refractivity contribution is 5.91. The Labute approximate surface area is 119 Å². The van der Waals surface area contributed by atoms with Gasteiger partial charge in [-0.15, -0.1) is 0 Å². The number of amides is 1. The van der Waals surface area contributed by atoms with Gasteiger partial charge in [0.25, 0.3) is 0 Å². The van der Waals surface area contributed by atoms with E-state index in [0.717, 1.165) is 11.4 Å². The van der Waals surface area contributed by atoms with Crippen molar-refractivity contribution >= 4 is 11.6 Å². The van der Waals surface area contributed by atoms with Crippen LogP contribution < -0.4 is 10.1 Å². The fourth-order valence-electron chi connectivity index (χ4n) is 2.09. The van der Waals surface area contributed by atoms with Crippen LogP contribution in [0, 0.1) is 0 Å². The fraction of sp³-hybridized carbons (Fsp3) is 0.235. The van der Waals surface area contributed by atoms with Crippen LogP contribution in [0.4, 0.5) is 5.69 Å². The summed E-state index contributed by atoms with van der Waals surface area (Å²) in [5.41, 5.74) is 1.93. The summed E-state index contributed by atoms with van der Waals surface area (Å²) >= 11 is 0. The lowest BCUT2D eigenvalue weighted by molar-refractivity contribution is -0.116. The number of benzene rings is 2. The standard InChI is InChI=1S/C17H19NO2/c1-13(14-7-4-3-5-8-14)11-17(19)18-15-9-6-10-16(12-15)20-2/h3-10,12-13H,11H2,1-2H3,(H,18,19). The molecular formula is C17H19NO2. The van der Waals surface area contributed by atoms with Crippen LogP contribution in [-0.4, -0.2) is 13.0 Å². The zero-order valence-corrected chi connectivity index (χ0v) is 11.8. The molecule has 0 heterocycles. The van der Waals surface area contributed by atoms with Crippen LogP contribution >= 0.6 is 0 Å². The maximum Gasteiger partial charge on any atom is 0.224 e. The van der Waals surface area contributed by atoms with Gasteiger partial charge in [-0.1, -0.05) is 43.3 Å². The highest BCUT2D eigenvalue weighted by atomic mass is 16.5. The Bertz CT molecular complexity index is 566. The molecule has 2 rings (SSSR count). The Morgan fingerprint density at radius 3 is 2.60 bits per heavy atom. The van der Waals surface area contributed by atoms with Gasteiger partial charge < -0.3 is 10.1 Å². The van der Waals surface area contributed by atoms with E-state index < -0.39 is 0 Å². The summed E-state index contributed by atoms with van der Waals surface area (Å²) in [5.74, 6) is 0.940. The van der Waals surface area contributed by atoms with E-state index in [0.29, 0.717) is 6.42 Å². The number of hydrogen-bond acceptors (Lipinski definition) is 2. The summed E-state index contributed by atoms with van der Waals surface area (Å²) < 4.78 is 5.14. The predicted molar refractivity (Wildman–Crippen MR) is 81.1 cm³/mol. The Morgan fingerprint density at radius 1 is 1.15 bits per heavy atom. The smallest absolute Gasteiger partial charge is 0.224 e. The third-order valence-corrected chi connectivity index (χ3v) is 3.21. The molecule has 1 amide bonds. The normalized spacial score (nSPS) is 11.7. The summed E-state index contributed by atoms with van der Waals surface area (Å²) in [6, 6.07) is 17.4. The Morgan fingerprint density at radius 2 is 1.90 bits per heavy atom. The molecule has 0 aliphatic rings. The van der Waals surface area contributed by atoms with Gasteiger partial charge in [-0.25, -0.2) is 0 Å². The lowest BCUT2D eigenvalue weighted by Gasteiger charge is -2.12. The van der Waals surface area contributed by atoms with Gasteiger partial charge >= 0.3 is 0 Å². The number of carbonyl (C=O) groups excluding carboxylic acids is 1. The lowest BCUT2D eigenvalue weighted by atomic mass is 9.97. The molecule has 0 saturated heterocycles. The number of anilines is 1. The average Bonchev–Trinajstić information content (AvgIpc) is 2.48. The summed E-state index contributed by atoms with van der Waals surface area (Å²) in [6.07, 6.45) is 0.460. The number of nitrogens with one attached hydrogen (secondary N) is 1. The molecule has 0 aliphatic carbocycles. The molecule has 1 unspecified atom stereocenters. The predicted octanol–water partition coefficient (Wildman–Crippen LogP) is 3.83. The maximum atomic E-state index is 12.0. The van der Waals surface area contributed by atoms with Crippen molar-refractivity contribution in [2.24, 2.45) is 0 Å². The van der Waals surface area contributed by atoms with Gasteiger partial charge in [0.2, 0.25) is 5.91 Å². The van der Waals surface area contributed by atoms with Crippen LogP contribution in [0.15, 0.2) is 54.6 Å². The van der Waals surface area contributed by atoms with Crippen molar-refractivity contribution < 1.29 is 9.53 Å². The summed E-state index contributed by atoms with van der Waals surface area (Å²) in [4.78, 5) is 12.0. The second kappa shape index (κ2) is 6.75. The summed E-state index contributed by atoms with van der Waals surface area (Å²) in [7, 11) is 1.61. The first kappa shape index (κ1) is 14.1. The van der Waals surface area contributed by atoms with Crippen LogP contribution in [0.5, 0.6) is 5.75 Å². The molecule has 2 aromatic carbocycles. The molecule has 104 valence electrons. The van der Waals surface area contributed by atoms with Crippen molar-refractivity contribution in [2.75, 3.05) is 12.4 Å². The third kappa shape index (κ3) is 3.85. The largest absolute Gasteiger partial charge is 0.497 e. The first-order chi connectivity index (χ1) is 9.69. The molecule has 0 bridgehead atoms. The van der Waals surface area contributed by atoms with Gasteiger partial charge in [-0.2, -0.15) is 0 Å². The lowest BCUT2D eigenvalue weighted by Crippen LogP contribution is -2.14. The van der Waals surface area contributed by atoms with E-state index >= 15 is 0 Å². The van der Waals surface area contributed by atoms with Crippen molar-refractivity contribution in [3.63, 3.8) is 0 Å². The van der Waals surface area contributed by atoms with Crippen molar-refractivity contribution in [3.8, 4) is 5.75 Å². The first-order valence-corrected chi connectivity index (χ1v) is 6.68. The minimum atomic E-state index is 0.00889. The van der Waals surface area contributed by atoms with E-state index in [9.17, 15) is 4.79 Å². The average molecular weight is 269 g/mol. The Balaban J connectivity index is 1.95. The first-order valence-electron chi connectivity index (χ1n) is 6.68. The quantitative estimate of drug-likeness (QED) is 0.896. The molecule has 1 N–H and O–H groups in total. The van der Waals surface area contributed by atoms with Gasteiger partial charge in [0.15, 0.2) is 0 Å². The van der Waals surface area contributed by atoms with Crippen molar-refractivity contribution in [1.82, 2.24) is 0 Å². The molecule has 0 fully saturated rings. The maximum absolute atomic E-state index is 12.0. The van der Waals surface area contributed by atoms with E-state index in [-0.39, 0.29) is 11.8 Å². The van der Waals surface area contributed by atoms with Crippen LogP contribution in [-0.2, 0) is 4.79 Å². The summed E-state index contributed by atoms with van der Waals surface area (Å²) in [6.45, 7) is 2.06. The molecule has 0 saturated carbocycles. The van der Waals surface area contributed by atoms with E-state index in [2.05, 4.69) is 12.2 Å². The molecular weight excluding hydrogens is 250 g/mol. The molecule has 0 radical (unpaired) electrons. The van der Waals surface area contributed by atoms with E-state index in [4.69, 9.17) is 4.74 Å². The molecule has 0 spiro atoms. The number of carbonyl (C=O) groups is 1. The Kier molecular flexibility index (Phi) is 4.77. The highest BCUT2D eigenvalue weighted by Crippen LogP contribution is 2.21. The SMILES string of the molecule is COc1cccc(NC(=O)CC(C)c2ccccc2)c1. The number of rotatable bonds is 5. The fourth-order valence-corrected chi connectivity index (χ4v) is 2.09. The zero-order valence-electron chi connectivity index (χ0n) is 11.8. The van der Waals surface area contributed by atoms with Gasteiger partial charge in [-0.3, -0.25) is 4.79 Å². The molecule has 3 heteroatoms. The molecule has 3 nitrogen and oxygen atoms in total. The van der Waals surface area contributed by atoms with Gasteiger partial charge in [0, 0.05) is 18.2 Å². The van der Waals surface area contributed by atoms with Crippen LogP contribution in [0.1, 0.15) is 24.8 Å². The Hall–Kier alpha value is -2.29. The molecule has 0 aromatic heterocycles. The minimum Gasteiger partial charge on any atom is -0.497 e. The molecule has 20 heavy (non-hydrogen) atoms. The molecule has 2 aromatic rings. The van der Waals surface area contributed by atoms with Gasteiger partial charge in [0.05, 0.1) is 7.11 Å². The third-order valence-electron chi connectivity index (χ3n) is 3.21. The van der Waals surface area contributed by atoms with Gasteiger partial charge in [-0.05, 0) is 23.6 Å². The second-order valence-electron chi connectivity index (χ2n) is 4.80. The second-order valence-corrected chi connectivity index (χ2v) is 4.80. The number of hydrogen-bond donors (Lipinski definition) is 1. The highest BCUT2D eigenvalue weighted by Gasteiger charge is 2.11. The minimum absolute atomic E-state index is 0.00889. The zero-order chi connectivity index (χ0) is 14.4. The van der Waals surface area contributed by atoms with Crippen LogP contribution in [0.2, 0.25) is 0 Å². The number of ether oxygens (including phenoxy) is 1. The van der Waals surface area contributed by atoms with E-state index in [1.807, 2.05) is 54.6 Å². The number of methoxy groups -OCH3 is 1. The topological polar surface area (TPSA) is 38.3 Å². The summed E-state index contributed by atoms with van der Waals surface area (Å²) in [5, 5.41) is 2.90. The van der Waals surface area contributed by atoms with Crippen molar-refractivity contribution in [3.05, 3.63) is 60.2 Å². The molecule has 1 atom stereocenters. The van der Waals surface area contributed by atoms with E-state index in [1.165, 1.54) is 5.56 Å². The monoisotopic (exact) mass is 269 g/mol. The van der Waals surface area contributed by atoms with Crippen LogP contribution in [0.3, 0.4) is 0 Å². The van der Waals surface area contributed by atoms with Gasteiger partial charge in [0.1, 0.15) is 5.75 Å². The van der Waals surface area contributed by atoms with Crippen molar-refractivity contribution in [1.29, 1.82) is 0 Å². The molecule has 0 aliphatic heterocycles. The van der Waals surface area contributed by atoms with E-state index in [1.54, 1.807) is 7.11 Å².